The Morgan fingerprint density at radius 2 is 1.76 bits per heavy atom. The van der Waals surface area contributed by atoms with Gasteiger partial charge < -0.3 is 4.98 Å². The van der Waals surface area contributed by atoms with Gasteiger partial charge in [-0.15, -0.1) is 0 Å². The summed E-state index contributed by atoms with van der Waals surface area (Å²) in [6, 6.07) is 8.38. The summed E-state index contributed by atoms with van der Waals surface area (Å²) in [4.78, 5) is 6.96. The molecule has 108 valence electrons. The molecule has 0 amide bonds. The highest BCUT2D eigenvalue weighted by Crippen LogP contribution is 2.40. The van der Waals surface area contributed by atoms with Gasteiger partial charge in [-0.1, -0.05) is 12.1 Å². The van der Waals surface area contributed by atoms with Crippen molar-refractivity contribution in [2.75, 3.05) is 0 Å². The molecule has 0 aliphatic carbocycles. The number of fused-ring (bicyclic) bond motifs is 1. The van der Waals surface area contributed by atoms with Crippen LogP contribution in [0.1, 0.15) is 5.56 Å². The van der Waals surface area contributed by atoms with E-state index in [0.29, 0.717) is 17.1 Å². The molecule has 3 rings (SSSR count). The molecule has 3 aromatic rings. The number of hydrogen-bond acceptors (Lipinski definition) is 1. The molecule has 1 N–H and O–H groups in total. The fourth-order valence-electron chi connectivity index (χ4n) is 2.06. The van der Waals surface area contributed by atoms with Gasteiger partial charge in [-0.05, 0) is 40.2 Å². The number of imidazole rings is 1. The van der Waals surface area contributed by atoms with Gasteiger partial charge in [0.25, 0.3) is 0 Å². The molecule has 0 bridgehead atoms. The maximum absolute atomic E-state index is 14.0. The van der Waals surface area contributed by atoms with Crippen molar-refractivity contribution < 1.29 is 17.6 Å². The summed E-state index contributed by atoms with van der Waals surface area (Å²) in [6.45, 7) is 0. The van der Waals surface area contributed by atoms with E-state index in [4.69, 9.17) is 0 Å². The Morgan fingerprint density at radius 1 is 1.05 bits per heavy atom. The van der Waals surface area contributed by atoms with Gasteiger partial charge in [0.1, 0.15) is 11.6 Å². The Morgan fingerprint density at radius 3 is 2.43 bits per heavy atom. The fraction of sp³-hybridized carbons (Fsp3) is 0.0714. The summed E-state index contributed by atoms with van der Waals surface area (Å²) in [5, 5.41) is 0. The predicted octanol–water partition coefficient (Wildman–Crippen LogP) is 5.15. The van der Waals surface area contributed by atoms with Crippen LogP contribution in [0.5, 0.6) is 0 Å². The fourth-order valence-corrected chi connectivity index (χ4v) is 2.79. The van der Waals surface area contributed by atoms with E-state index in [1.165, 1.54) is 0 Å². The van der Waals surface area contributed by atoms with Gasteiger partial charge in [0.2, 0.25) is 0 Å². The van der Waals surface area contributed by atoms with Crippen LogP contribution >= 0.6 is 15.9 Å². The number of para-hydroxylation sites is 2. The Kier molecular flexibility index (Phi) is 3.24. The molecule has 21 heavy (non-hydrogen) atoms. The summed E-state index contributed by atoms with van der Waals surface area (Å²) in [7, 11) is 0. The summed E-state index contributed by atoms with van der Waals surface area (Å²) in [5.74, 6) is -0.736. The zero-order valence-corrected chi connectivity index (χ0v) is 11.9. The number of alkyl halides is 3. The molecule has 0 aliphatic rings. The van der Waals surface area contributed by atoms with Crippen molar-refractivity contribution in [1.29, 1.82) is 0 Å². The topological polar surface area (TPSA) is 28.7 Å². The molecular weight excluding hydrogens is 352 g/mol. The first-order chi connectivity index (χ1) is 9.88. The minimum absolute atomic E-state index is 0.0478. The Hall–Kier alpha value is -1.89. The van der Waals surface area contributed by atoms with E-state index in [0.717, 1.165) is 6.07 Å². The van der Waals surface area contributed by atoms with Gasteiger partial charge in [-0.3, -0.25) is 0 Å². The zero-order chi connectivity index (χ0) is 15.2. The average Bonchev–Trinajstić information content (AvgIpc) is 2.80. The van der Waals surface area contributed by atoms with Crippen LogP contribution in [0, 0.1) is 5.82 Å². The number of benzene rings is 2. The van der Waals surface area contributed by atoms with Crippen molar-refractivity contribution in [2.45, 2.75) is 6.18 Å². The highest BCUT2D eigenvalue weighted by molar-refractivity contribution is 9.10. The monoisotopic (exact) mass is 358 g/mol. The molecular formula is C14H7BrF4N2. The van der Waals surface area contributed by atoms with E-state index in [-0.39, 0.29) is 15.9 Å². The summed E-state index contributed by atoms with van der Waals surface area (Å²) >= 11 is 2.84. The van der Waals surface area contributed by atoms with E-state index < -0.39 is 17.6 Å². The van der Waals surface area contributed by atoms with E-state index >= 15 is 0 Å². The number of hydrogen-bond donors (Lipinski definition) is 1. The third-order valence-electron chi connectivity index (χ3n) is 3.02. The second-order valence-electron chi connectivity index (χ2n) is 4.38. The number of H-pyrrole nitrogens is 1. The zero-order valence-electron chi connectivity index (χ0n) is 10.3. The molecule has 0 unspecified atom stereocenters. The van der Waals surface area contributed by atoms with Gasteiger partial charge >= 0.3 is 6.18 Å². The summed E-state index contributed by atoms with van der Waals surface area (Å²) < 4.78 is 52.3. The lowest BCUT2D eigenvalue weighted by atomic mass is 10.1. The van der Waals surface area contributed by atoms with Crippen LogP contribution in [-0.2, 0) is 6.18 Å². The number of halogens is 5. The standard InChI is InChI=1S/C14H7BrF4N2/c15-12-7(14(17,18)19)5-6-8(16)11(12)13-20-9-3-1-2-4-10(9)21-13/h1-6H,(H,20,21). The molecule has 0 saturated carbocycles. The molecule has 1 heterocycles. The first-order valence-electron chi connectivity index (χ1n) is 5.88. The van der Waals surface area contributed by atoms with Crippen LogP contribution in [0.25, 0.3) is 22.4 Å². The third-order valence-corrected chi connectivity index (χ3v) is 3.85. The van der Waals surface area contributed by atoms with Gasteiger partial charge in [-0.25, -0.2) is 9.37 Å². The highest BCUT2D eigenvalue weighted by atomic mass is 79.9. The summed E-state index contributed by atoms with van der Waals surface area (Å²) in [6.07, 6.45) is -4.58. The molecule has 0 spiro atoms. The lowest BCUT2D eigenvalue weighted by Gasteiger charge is -2.12. The van der Waals surface area contributed by atoms with Gasteiger partial charge in [0, 0.05) is 4.47 Å². The molecule has 1 aromatic heterocycles. The number of aromatic nitrogens is 2. The van der Waals surface area contributed by atoms with Crippen molar-refractivity contribution in [3.63, 3.8) is 0 Å². The van der Waals surface area contributed by atoms with Gasteiger partial charge in [0.05, 0.1) is 22.2 Å². The Bertz CT molecular complexity index is 790. The molecule has 2 aromatic carbocycles. The van der Waals surface area contributed by atoms with Gasteiger partial charge in [0.15, 0.2) is 0 Å². The van der Waals surface area contributed by atoms with E-state index in [2.05, 4.69) is 25.9 Å². The van der Waals surface area contributed by atoms with Crippen molar-refractivity contribution in [3.05, 3.63) is 52.3 Å². The molecule has 2 nitrogen and oxygen atoms in total. The largest absolute Gasteiger partial charge is 0.417 e. The predicted molar refractivity (Wildman–Crippen MR) is 74.2 cm³/mol. The number of rotatable bonds is 1. The second kappa shape index (κ2) is 4.84. The first-order valence-corrected chi connectivity index (χ1v) is 6.67. The summed E-state index contributed by atoms with van der Waals surface area (Å²) in [5.41, 5.74) is -0.00666. The quantitative estimate of drug-likeness (QED) is 0.598. The normalized spacial score (nSPS) is 12.0. The van der Waals surface area contributed by atoms with Crippen LogP contribution < -0.4 is 0 Å². The number of aromatic amines is 1. The lowest BCUT2D eigenvalue weighted by Crippen LogP contribution is -2.07. The van der Waals surface area contributed by atoms with Crippen molar-refractivity contribution in [1.82, 2.24) is 9.97 Å². The van der Waals surface area contributed by atoms with Crippen LogP contribution in [0.4, 0.5) is 17.6 Å². The molecule has 0 atom stereocenters. The number of nitrogens with one attached hydrogen (secondary N) is 1. The molecule has 0 radical (unpaired) electrons. The smallest absolute Gasteiger partial charge is 0.338 e. The Labute approximate surface area is 124 Å². The minimum atomic E-state index is -4.58. The first kappa shape index (κ1) is 14.1. The van der Waals surface area contributed by atoms with Crippen LogP contribution in [0.15, 0.2) is 40.9 Å². The van der Waals surface area contributed by atoms with Crippen LogP contribution in [0.3, 0.4) is 0 Å². The van der Waals surface area contributed by atoms with E-state index in [9.17, 15) is 17.6 Å². The van der Waals surface area contributed by atoms with Crippen LogP contribution in [0.2, 0.25) is 0 Å². The van der Waals surface area contributed by atoms with E-state index in [1.807, 2.05) is 0 Å². The lowest BCUT2D eigenvalue weighted by molar-refractivity contribution is -0.138. The molecule has 0 fully saturated rings. The van der Waals surface area contributed by atoms with Crippen molar-refractivity contribution in [3.8, 4) is 11.4 Å². The van der Waals surface area contributed by atoms with Crippen LogP contribution in [-0.4, -0.2) is 9.97 Å². The average molecular weight is 359 g/mol. The van der Waals surface area contributed by atoms with Gasteiger partial charge in [-0.2, -0.15) is 13.2 Å². The molecule has 0 aliphatic heterocycles. The molecule has 0 saturated heterocycles. The number of nitrogens with zero attached hydrogens (tertiary/aromatic N) is 1. The van der Waals surface area contributed by atoms with E-state index in [1.54, 1.807) is 24.3 Å². The van der Waals surface area contributed by atoms with Crippen molar-refractivity contribution in [2.24, 2.45) is 0 Å². The highest BCUT2D eigenvalue weighted by Gasteiger charge is 2.35. The molecule has 7 heteroatoms. The maximum Gasteiger partial charge on any atom is 0.417 e. The third kappa shape index (κ3) is 2.42. The van der Waals surface area contributed by atoms with Crippen molar-refractivity contribution >= 4 is 27.0 Å². The maximum atomic E-state index is 14.0. The second-order valence-corrected chi connectivity index (χ2v) is 5.18. The Balaban J connectivity index is 2.26. The SMILES string of the molecule is Fc1ccc(C(F)(F)F)c(Br)c1-c1nc2ccccc2[nH]1. The minimum Gasteiger partial charge on any atom is -0.338 e.